The number of carbonyl (C=O) groups is 6. The van der Waals surface area contributed by atoms with Crippen LogP contribution in [0.2, 0.25) is 0 Å². The van der Waals surface area contributed by atoms with Gasteiger partial charge in [0.1, 0.15) is 19.3 Å². The molecule has 18 heteroatoms. The maximum absolute atomic E-state index is 12.3. The predicted molar refractivity (Wildman–Crippen MR) is 206 cm³/mol. The predicted octanol–water partition coefficient (Wildman–Crippen LogP) is 4.67. The zero-order valence-electron chi connectivity index (χ0n) is 36.2. The molecule has 4 aliphatic rings. The van der Waals surface area contributed by atoms with Crippen LogP contribution in [-0.2, 0) is 85.6 Å². The van der Waals surface area contributed by atoms with Gasteiger partial charge in [-0.15, -0.1) is 0 Å². The van der Waals surface area contributed by atoms with E-state index < -0.39 is 72.4 Å². The van der Waals surface area contributed by atoms with E-state index in [2.05, 4.69) is 0 Å². The fourth-order valence-corrected chi connectivity index (χ4v) is 7.68. The molecule has 0 radical (unpaired) electrons. The van der Waals surface area contributed by atoms with Crippen molar-refractivity contribution in [3.05, 3.63) is 0 Å². The Morgan fingerprint density at radius 2 is 0.450 bits per heavy atom. The Balaban J connectivity index is 1.26. The van der Waals surface area contributed by atoms with Crippen molar-refractivity contribution in [1.82, 2.24) is 0 Å². The summed E-state index contributed by atoms with van der Waals surface area (Å²) in [7, 11) is 0. The van der Waals surface area contributed by atoms with Crippen molar-refractivity contribution in [3.63, 3.8) is 0 Å². The third kappa shape index (κ3) is 18.3. The minimum Gasteiger partial charge on any atom is -0.465 e. The highest BCUT2D eigenvalue weighted by Crippen LogP contribution is 2.35. The van der Waals surface area contributed by atoms with Gasteiger partial charge in [0.2, 0.25) is 0 Å². The van der Waals surface area contributed by atoms with Crippen LogP contribution in [0.3, 0.4) is 0 Å². The van der Waals surface area contributed by atoms with E-state index in [1.807, 2.05) is 41.5 Å². The van der Waals surface area contributed by atoms with E-state index in [1.54, 1.807) is 0 Å². The lowest BCUT2D eigenvalue weighted by molar-refractivity contribution is -0.157. The van der Waals surface area contributed by atoms with Gasteiger partial charge < -0.3 is 56.8 Å². The molecule has 60 heavy (non-hydrogen) atoms. The van der Waals surface area contributed by atoms with E-state index in [1.165, 1.54) is 0 Å². The summed E-state index contributed by atoms with van der Waals surface area (Å²) in [5.41, 5.74) is 0. The van der Waals surface area contributed by atoms with E-state index in [0.717, 1.165) is 0 Å². The van der Waals surface area contributed by atoms with Gasteiger partial charge in [0.05, 0.1) is 76.3 Å². The molecule has 4 fully saturated rings. The van der Waals surface area contributed by atoms with Crippen LogP contribution in [0.1, 0.15) is 138 Å². The minimum atomic E-state index is -0.822. The summed E-state index contributed by atoms with van der Waals surface area (Å²) < 4.78 is 68.0. The van der Waals surface area contributed by atoms with Gasteiger partial charge in [-0.1, -0.05) is 0 Å². The van der Waals surface area contributed by atoms with Crippen LogP contribution in [0, 0.1) is 0 Å². The number of fused-ring (bicyclic) bond motifs is 3. The van der Waals surface area contributed by atoms with E-state index in [9.17, 15) is 28.8 Å². The first kappa shape index (κ1) is 49.2. The normalized spacial score (nSPS) is 32.1. The Morgan fingerprint density at radius 3 is 0.600 bits per heavy atom. The SMILES string of the molecule is CC1(C)O[C@@H]2CCCOC(=O)CC(=O)OCCC[C@H]3OC(C)(C)O[C@@H]3CCCOC(=O)CC(=O)OCCC[C@H]3OC(C)(C)O[C@@H]3CCCOC(=O)CC(=O)OCCC[C@H]2O1. The van der Waals surface area contributed by atoms with Crippen LogP contribution < -0.4 is 0 Å². The summed E-state index contributed by atoms with van der Waals surface area (Å²) in [6.07, 6.45) is 2.70. The van der Waals surface area contributed by atoms with Gasteiger partial charge in [0.15, 0.2) is 17.4 Å². The van der Waals surface area contributed by atoms with Crippen LogP contribution >= 0.6 is 0 Å². The van der Waals surface area contributed by atoms with E-state index in [0.29, 0.717) is 77.0 Å². The fourth-order valence-electron chi connectivity index (χ4n) is 7.68. The first-order valence-corrected chi connectivity index (χ1v) is 21.4. The molecule has 0 aromatic carbocycles. The van der Waals surface area contributed by atoms with Crippen LogP contribution in [-0.4, -0.2) is 129 Å². The summed E-state index contributed by atoms with van der Waals surface area (Å²) in [4.78, 5) is 73.9. The van der Waals surface area contributed by atoms with Crippen molar-refractivity contribution in [2.45, 2.75) is 192 Å². The van der Waals surface area contributed by atoms with Gasteiger partial charge in [-0.2, -0.15) is 0 Å². The summed E-state index contributed by atoms with van der Waals surface area (Å²) in [6.45, 7) is 11.3. The molecule has 6 atom stereocenters. The summed E-state index contributed by atoms with van der Waals surface area (Å²) in [6, 6.07) is 0. The first-order valence-electron chi connectivity index (χ1n) is 21.4. The van der Waals surface area contributed by atoms with Crippen LogP contribution in [0.15, 0.2) is 0 Å². The number of carbonyl (C=O) groups excluding carboxylic acids is 6. The van der Waals surface area contributed by atoms with Gasteiger partial charge >= 0.3 is 35.8 Å². The number of hydrogen-bond acceptors (Lipinski definition) is 18. The third-order valence-corrected chi connectivity index (χ3v) is 10.1. The summed E-state index contributed by atoms with van der Waals surface area (Å²) in [5.74, 6) is -6.64. The molecule has 0 aliphatic carbocycles. The molecule has 0 saturated carbocycles. The average molecular weight is 859 g/mol. The molecule has 342 valence electrons. The lowest BCUT2D eigenvalue weighted by Gasteiger charge is -2.17. The summed E-state index contributed by atoms with van der Waals surface area (Å²) >= 11 is 0. The van der Waals surface area contributed by atoms with Crippen molar-refractivity contribution in [1.29, 1.82) is 0 Å². The van der Waals surface area contributed by atoms with E-state index >= 15 is 0 Å². The molecular formula is C42H66O18. The average Bonchev–Trinajstić information content (AvgIpc) is 3.74. The Kier molecular flexibility index (Phi) is 19.5. The molecule has 4 saturated heterocycles. The maximum Gasteiger partial charge on any atom is 0.317 e. The van der Waals surface area contributed by atoms with Gasteiger partial charge in [-0.3, -0.25) is 28.8 Å². The lowest BCUT2D eigenvalue weighted by Crippen LogP contribution is -2.24. The van der Waals surface area contributed by atoms with Crippen LogP contribution in [0.25, 0.3) is 0 Å². The highest BCUT2D eigenvalue weighted by atomic mass is 16.8. The first-order chi connectivity index (χ1) is 28.4. The topological polar surface area (TPSA) is 213 Å². The molecule has 0 aromatic heterocycles. The van der Waals surface area contributed by atoms with Crippen molar-refractivity contribution in [2.75, 3.05) is 39.6 Å². The standard InChI is InChI=1S/C42H66O18/c1-40(2)55-28-13-7-19-49-34(43)25-36(45)51-21-9-15-30-32(59-41(3,4)57-30)17-11-23-53-38(47)27-39(48)54-24-12-18-33-31(58-42(5,6)60-33)16-10-22-52-37(46)26-35(44)50-20-8-14-29(28)56-40/h28-33H,7-27H2,1-6H3/t28-,29-,30-,31-,32-,33-/m1/s1. The van der Waals surface area contributed by atoms with Crippen LogP contribution in [0.5, 0.6) is 0 Å². The molecule has 0 amide bonds. The zero-order valence-corrected chi connectivity index (χ0v) is 36.2. The van der Waals surface area contributed by atoms with Crippen molar-refractivity contribution in [2.24, 2.45) is 0 Å². The highest BCUT2D eigenvalue weighted by Gasteiger charge is 2.42. The third-order valence-electron chi connectivity index (χ3n) is 10.1. The molecule has 0 N–H and O–H groups in total. The Morgan fingerprint density at radius 1 is 0.300 bits per heavy atom. The Labute approximate surface area is 352 Å². The number of hydrogen-bond donors (Lipinski definition) is 0. The number of ether oxygens (including phenoxy) is 12. The summed E-state index contributed by atoms with van der Waals surface area (Å²) in [5, 5.41) is 0. The maximum atomic E-state index is 12.3. The molecule has 4 heterocycles. The molecule has 0 aromatic rings. The lowest BCUT2D eigenvalue weighted by atomic mass is 10.0. The van der Waals surface area contributed by atoms with Gasteiger partial charge in [0.25, 0.3) is 0 Å². The monoisotopic (exact) mass is 858 g/mol. The number of cyclic esters (lactones) is 6. The van der Waals surface area contributed by atoms with Crippen LogP contribution in [0.4, 0.5) is 0 Å². The Hall–Kier alpha value is -3.42. The second-order valence-corrected chi connectivity index (χ2v) is 16.8. The quantitative estimate of drug-likeness (QED) is 0.184. The number of rotatable bonds is 0. The smallest absolute Gasteiger partial charge is 0.317 e. The molecular weight excluding hydrogens is 792 g/mol. The van der Waals surface area contributed by atoms with Crippen molar-refractivity contribution < 1.29 is 85.6 Å². The van der Waals surface area contributed by atoms with Gasteiger partial charge in [0, 0.05) is 0 Å². The largest absolute Gasteiger partial charge is 0.465 e. The molecule has 4 rings (SSSR count). The molecule has 0 unspecified atom stereocenters. The highest BCUT2D eigenvalue weighted by molar-refractivity contribution is 5.92. The molecule has 4 aliphatic heterocycles. The van der Waals surface area contributed by atoms with Crippen molar-refractivity contribution in [3.8, 4) is 0 Å². The van der Waals surface area contributed by atoms with Gasteiger partial charge in [-0.25, -0.2) is 0 Å². The zero-order chi connectivity index (χ0) is 43.8. The van der Waals surface area contributed by atoms with Crippen molar-refractivity contribution >= 4 is 35.8 Å². The molecule has 0 bridgehead atoms. The molecule has 0 spiro atoms. The number of esters is 6. The fraction of sp³-hybridized carbons (Fsp3) is 0.857. The van der Waals surface area contributed by atoms with E-state index in [4.69, 9.17) is 56.8 Å². The van der Waals surface area contributed by atoms with E-state index in [-0.39, 0.29) is 76.3 Å². The second-order valence-electron chi connectivity index (χ2n) is 16.8. The molecule has 18 nitrogen and oxygen atoms in total. The second kappa shape index (κ2) is 23.7. The Bertz CT molecular complexity index is 1160. The van der Waals surface area contributed by atoms with Gasteiger partial charge in [-0.05, 0) is 119 Å². The minimum absolute atomic E-state index is 0.0796.